The van der Waals surface area contributed by atoms with Crippen molar-refractivity contribution in [3.8, 4) is 0 Å². The smallest absolute Gasteiger partial charge is 0.308 e. The molecule has 1 aromatic rings. The summed E-state index contributed by atoms with van der Waals surface area (Å²) >= 11 is 2.16. The molecule has 0 aliphatic rings. The van der Waals surface area contributed by atoms with Gasteiger partial charge in [0.1, 0.15) is 6.10 Å². The van der Waals surface area contributed by atoms with E-state index >= 15 is 0 Å². The van der Waals surface area contributed by atoms with Crippen LogP contribution in [0.15, 0.2) is 11.4 Å². The highest BCUT2D eigenvalue weighted by atomic mass is 32.2. The molecule has 3 N–H and O–H groups in total. The Hall–Kier alpha value is -0.890. The Balaban J connectivity index is 2.59. The molecule has 0 saturated carbocycles. The summed E-state index contributed by atoms with van der Waals surface area (Å²) in [4.78, 5) is 21.9. The quantitative estimate of drug-likeness (QED) is 0.725. The molecule has 18 heavy (non-hydrogen) atoms. The van der Waals surface area contributed by atoms with Crippen molar-refractivity contribution in [2.45, 2.75) is 25.6 Å². The molecular weight excluding hydrogens is 276 g/mol. The number of carbonyl (C=O) groups is 2. The minimum Gasteiger partial charge on any atom is -0.481 e. The van der Waals surface area contributed by atoms with Crippen molar-refractivity contribution < 1.29 is 24.9 Å². The van der Waals surface area contributed by atoms with E-state index in [1.165, 1.54) is 18.3 Å². The number of carboxylic acids is 1. The topological polar surface area (TPSA) is 94.8 Å². The van der Waals surface area contributed by atoms with Crippen molar-refractivity contribution in [2.75, 3.05) is 5.75 Å². The van der Waals surface area contributed by atoms with Crippen LogP contribution in [0.1, 0.15) is 23.5 Å². The number of hydrogen-bond acceptors (Lipinski definition) is 6. The van der Waals surface area contributed by atoms with Gasteiger partial charge in [-0.15, -0.1) is 11.3 Å². The lowest BCUT2D eigenvalue weighted by Crippen LogP contribution is -2.20. The monoisotopic (exact) mass is 290 g/mol. The highest BCUT2D eigenvalue weighted by Gasteiger charge is 2.20. The Morgan fingerprint density at radius 2 is 2.11 bits per heavy atom. The van der Waals surface area contributed by atoms with Crippen LogP contribution in [0, 0.1) is 0 Å². The molecule has 2 atom stereocenters. The molecule has 1 rings (SSSR count). The lowest BCUT2D eigenvalue weighted by atomic mass is 10.1. The summed E-state index contributed by atoms with van der Waals surface area (Å²) in [5, 5.41) is 29.6. The van der Waals surface area contributed by atoms with Crippen LogP contribution in [0.5, 0.6) is 0 Å². The molecule has 0 spiro atoms. The first-order valence-electron chi connectivity index (χ1n) is 5.18. The van der Waals surface area contributed by atoms with E-state index in [2.05, 4.69) is 0 Å². The van der Waals surface area contributed by atoms with Gasteiger partial charge >= 0.3 is 5.97 Å². The average molecular weight is 290 g/mol. The molecule has 0 aliphatic heterocycles. The predicted molar refractivity (Wildman–Crippen MR) is 69.8 cm³/mol. The van der Waals surface area contributed by atoms with Gasteiger partial charge in [-0.2, -0.15) is 0 Å². The molecule has 2 unspecified atom stereocenters. The number of thiophene rings is 1. The molecule has 7 heteroatoms. The third-order valence-electron chi connectivity index (χ3n) is 2.16. The van der Waals surface area contributed by atoms with Gasteiger partial charge in [0.25, 0.3) is 0 Å². The summed E-state index contributed by atoms with van der Waals surface area (Å²) in [7, 11) is 0. The number of thioether (sulfide) groups is 1. The van der Waals surface area contributed by atoms with Crippen molar-refractivity contribution in [1.82, 2.24) is 0 Å². The molecular formula is C11H14O5S2. The molecule has 0 saturated heterocycles. The van der Waals surface area contributed by atoms with E-state index in [-0.39, 0.29) is 17.3 Å². The standard InChI is InChI=1S/C11H14O5S2/c1-6(12)17-5-9(13)11(16)7-2-8(18-4-7)3-10(14)15/h2,4,9,11,13,16H,3,5H2,1H3,(H,14,15). The number of aliphatic hydroxyl groups is 2. The number of aliphatic hydroxyl groups excluding tert-OH is 2. The van der Waals surface area contributed by atoms with Crippen molar-refractivity contribution in [3.05, 3.63) is 21.9 Å². The van der Waals surface area contributed by atoms with E-state index in [4.69, 9.17) is 5.11 Å². The normalized spacial score (nSPS) is 14.2. The van der Waals surface area contributed by atoms with Crippen LogP contribution in [0.25, 0.3) is 0 Å². The molecule has 0 radical (unpaired) electrons. The lowest BCUT2D eigenvalue weighted by Gasteiger charge is -2.15. The van der Waals surface area contributed by atoms with Crippen molar-refractivity contribution in [3.63, 3.8) is 0 Å². The number of carboxylic acid groups (broad SMARTS) is 1. The highest BCUT2D eigenvalue weighted by Crippen LogP contribution is 2.25. The summed E-state index contributed by atoms with van der Waals surface area (Å²) in [6.45, 7) is 1.39. The zero-order valence-corrected chi connectivity index (χ0v) is 11.3. The zero-order chi connectivity index (χ0) is 13.7. The van der Waals surface area contributed by atoms with Gasteiger partial charge in [0, 0.05) is 17.6 Å². The first-order valence-corrected chi connectivity index (χ1v) is 7.05. The van der Waals surface area contributed by atoms with Crippen LogP contribution < -0.4 is 0 Å². The third kappa shape index (κ3) is 4.77. The first kappa shape index (κ1) is 15.2. The molecule has 0 bridgehead atoms. The zero-order valence-electron chi connectivity index (χ0n) is 9.70. The number of carbonyl (C=O) groups excluding carboxylic acids is 1. The Bertz CT molecular complexity index is 429. The van der Waals surface area contributed by atoms with Gasteiger partial charge in [-0.3, -0.25) is 9.59 Å². The fourth-order valence-corrected chi connectivity index (χ4v) is 2.80. The fourth-order valence-electron chi connectivity index (χ4n) is 1.31. The minimum absolute atomic E-state index is 0.102. The lowest BCUT2D eigenvalue weighted by molar-refractivity contribution is -0.136. The fraction of sp³-hybridized carbons (Fsp3) is 0.455. The Morgan fingerprint density at radius 1 is 1.44 bits per heavy atom. The first-order chi connectivity index (χ1) is 8.40. The van der Waals surface area contributed by atoms with Crippen LogP contribution in [0.2, 0.25) is 0 Å². The van der Waals surface area contributed by atoms with Crippen LogP contribution in [0.4, 0.5) is 0 Å². The van der Waals surface area contributed by atoms with Crippen molar-refractivity contribution in [2.24, 2.45) is 0 Å². The van der Waals surface area contributed by atoms with E-state index in [1.807, 2.05) is 0 Å². The summed E-state index contributed by atoms with van der Waals surface area (Å²) in [5.41, 5.74) is 0.480. The molecule has 0 aliphatic carbocycles. The maximum Gasteiger partial charge on any atom is 0.308 e. The van der Waals surface area contributed by atoms with Crippen molar-refractivity contribution in [1.29, 1.82) is 0 Å². The number of hydrogen-bond donors (Lipinski definition) is 3. The second-order valence-corrected chi connectivity index (χ2v) is 5.92. The molecule has 0 amide bonds. The SMILES string of the molecule is CC(=O)SCC(O)C(O)c1csc(CC(=O)O)c1. The van der Waals surface area contributed by atoms with Gasteiger partial charge in [-0.25, -0.2) is 0 Å². The van der Waals surface area contributed by atoms with Gasteiger partial charge in [0.2, 0.25) is 0 Å². The Kier molecular flexibility index (Phi) is 5.80. The third-order valence-corrected chi connectivity index (χ3v) is 4.03. The second-order valence-electron chi connectivity index (χ2n) is 3.73. The van der Waals surface area contributed by atoms with Crippen LogP contribution in [0.3, 0.4) is 0 Å². The van der Waals surface area contributed by atoms with Crippen LogP contribution >= 0.6 is 23.1 Å². The Labute approximate surface area is 112 Å². The van der Waals surface area contributed by atoms with E-state index < -0.39 is 18.2 Å². The van der Waals surface area contributed by atoms with Crippen molar-refractivity contribution >= 4 is 34.2 Å². The van der Waals surface area contributed by atoms with Gasteiger partial charge in [0.15, 0.2) is 5.12 Å². The van der Waals surface area contributed by atoms with Gasteiger partial charge < -0.3 is 15.3 Å². The van der Waals surface area contributed by atoms with E-state index in [9.17, 15) is 19.8 Å². The molecule has 5 nitrogen and oxygen atoms in total. The Morgan fingerprint density at radius 3 is 2.67 bits per heavy atom. The molecule has 1 heterocycles. The van der Waals surface area contributed by atoms with Crippen LogP contribution in [-0.4, -0.2) is 38.3 Å². The van der Waals surface area contributed by atoms with E-state index in [0.29, 0.717) is 10.4 Å². The van der Waals surface area contributed by atoms with Gasteiger partial charge in [-0.1, -0.05) is 11.8 Å². The second kappa shape index (κ2) is 6.89. The molecule has 0 aromatic carbocycles. The maximum atomic E-state index is 10.7. The minimum atomic E-state index is -1.10. The van der Waals surface area contributed by atoms with Crippen LogP contribution in [-0.2, 0) is 16.0 Å². The van der Waals surface area contributed by atoms with Gasteiger partial charge in [0.05, 0.1) is 12.5 Å². The number of rotatable bonds is 6. The highest BCUT2D eigenvalue weighted by molar-refractivity contribution is 8.13. The summed E-state index contributed by atoms with van der Waals surface area (Å²) in [6.07, 6.45) is -2.25. The van der Waals surface area contributed by atoms with E-state index in [1.54, 1.807) is 11.4 Å². The molecule has 1 aromatic heterocycles. The average Bonchev–Trinajstić information content (AvgIpc) is 2.72. The molecule has 100 valence electrons. The maximum absolute atomic E-state index is 10.7. The summed E-state index contributed by atoms with van der Waals surface area (Å²) in [5.74, 6) is -0.828. The van der Waals surface area contributed by atoms with E-state index in [0.717, 1.165) is 11.8 Å². The largest absolute Gasteiger partial charge is 0.481 e. The van der Waals surface area contributed by atoms with Gasteiger partial charge in [-0.05, 0) is 17.0 Å². The summed E-state index contributed by atoms with van der Waals surface area (Å²) in [6, 6.07) is 1.56. The number of aliphatic carboxylic acids is 1. The predicted octanol–water partition coefficient (Wildman–Crippen LogP) is 1.05. The summed E-state index contributed by atoms with van der Waals surface area (Å²) < 4.78 is 0. The molecule has 0 fully saturated rings.